The van der Waals surface area contributed by atoms with Gasteiger partial charge < -0.3 is 5.73 Å². The maximum absolute atomic E-state index is 12.3. The molecule has 2 rings (SSSR count). The molecule has 7 heteroatoms. The van der Waals surface area contributed by atoms with Crippen molar-refractivity contribution in [2.75, 3.05) is 6.26 Å². The van der Waals surface area contributed by atoms with Gasteiger partial charge >= 0.3 is 0 Å². The number of hydrogen-bond donors (Lipinski definition) is 2. The Hall–Kier alpha value is -0.270. The molecule has 112 valence electrons. The third-order valence-electron chi connectivity index (χ3n) is 3.53. The largest absolute Gasteiger partial charge is 0.328 e. The quantitative estimate of drug-likeness (QED) is 0.830. The summed E-state index contributed by atoms with van der Waals surface area (Å²) < 4.78 is 27.4. The van der Waals surface area contributed by atoms with E-state index in [0.717, 1.165) is 30.6 Å². The van der Waals surface area contributed by atoms with Crippen LogP contribution in [0.3, 0.4) is 0 Å². The lowest BCUT2D eigenvalue weighted by Crippen LogP contribution is -2.40. The monoisotopic (exact) mass is 334 g/mol. The third-order valence-corrected chi connectivity index (χ3v) is 6.27. The van der Waals surface area contributed by atoms with Gasteiger partial charge in [-0.25, -0.2) is 13.1 Å². The first kappa shape index (κ1) is 16.1. The van der Waals surface area contributed by atoms with Gasteiger partial charge in [0.15, 0.2) is 0 Å². The van der Waals surface area contributed by atoms with E-state index in [9.17, 15) is 8.42 Å². The maximum atomic E-state index is 12.3. The van der Waals surface area contributed by atoms with E-state index in [1.807, 2.05) is 6.26 Å². The van der Waals surface area contributed by atoms with Crippen LogP contribution in [0.1, 0.15) is 25.7 Å². The summed E-state index contributed by atoms with van der Waals surface area (Å²) in [6.45, 7) is 0. The fraction of sp³-hybridized carbons (Fsp3) is 0.538. The van der Waals surface area contributed by atoms with Crippen molar-refractivity contribution in [1.82, 2.24) is 4.72 Å². The van der Waals surface area contributed by atoms with E-state index in [4.69, 9.17) is 17.3 Å². The molecular formula is C13H19ClN2O2S2. The van der Waals surface area contributed by atoms with Crippen LogP contribution in [0.2, 0.25) is 5.02 Å². The van der Waals surface area contributed by atoms with E-state index in [1.54, 1.807) is 12.1 Å². The number of thioether (sulfide) groups is 1. The normalized spacial score (nSPS) is 23.8. The van der Waals surface area contributed by atoms with Gasteiger partial charge in [-0.2, -0.15) is 0 Å². The summed E-state index contributed by atoms with van der Waals surface area (Å²) in [6, 6.07) is 5.00. The van der Waals surface area contributed by atoms with E-state index in [1.165, 1.54) is 17.8 Å². The summed E-state index contributed by atoms with van der Waals surface area (Å²) in [7, 11) is -3.51. The molecular weight excluding hydrogens is 316 g/mol. The highest BCUT2D eigenvalue weighted by atomic mass is 35.5. The summed E-state index contributed by atoms with van der Waals surface area (Å²) in [5.41, 5.74) is 5.83. The lowest BCUT2D eigenvalue weighted by molar-refractivity contribution is 0.373. The molecule has 0 amide bonds. The van der Waals surface area contributed by atoms with E-state index in [2.05, 4.69) is 4.72 Å². The molecule has 1 saturated carbocycles. The van der Waals surface area contributed by atoms with E-state index in [-0.39, 0.29) is 17.0 Å². The molecule has 0 atom stereocenters. The zero-order valence-corrected chi connectivity index (χ0v) is 13.7. The summed E-state index contributed by atoms with van der Waals surface area (Å²) in [6.07, 6.45) is 5.20. The SMILES string of the molecule is CSc1ccc(S(=O)(=O)NC2CCC(N)CC2)cc1Cl. The maximum Gasteiger partial charge on any atom is 0.240 e. The van der Waals surface area contributed by atoms with Gasteiger partial charge in [-0.3, -0.25) is 0 Å². The molecule has 0 aliphatic heterocycles. The number of benzene rings is 1. The zero-order chi connectivity index (χ0) is 14.8. The number of sulfonamides is 1. The topological polar surface area (TPSA) is 72.2 Å². The zero-order valence-electron chi connectivity index (χ0n) is 11.3. The van der Waals surface area contributed by atoms with E-state index >= 15 is 0 Å². The Labute approximate surface area is 129 Å². The number of halogens is 1. The first-order valence-electron chi connectivity index (χ1n) is 6.54. The van der Waals surface area contributed by atoms with Crippen LogP contribution in [0.25, 0.3) is 0 Å². The Morgan fingerprint density at radius 2 is 1.95 bits per heavy atom. The highest BCUT2D eigenvalue weighted by Gasteiger charge is 2.24. The summed E-state index contributed by atoms with van der Waals surface area (Å²) in [5, 5.41) is 0.464. The van der Waals surface area contributed by atoms with Crippen molar-refractivity contribution in [3.8, 4) is 0 Å². The summed E-state index contributed by atoms with van der Waals surface area (Å²) in [4.78, 5) is 1.09. The van der Waals surface area contributed by atoms with Crippen molar-refractivity contribution in [1.29, 1.82) is 0 Å². The molecule has 0 aromatic heterocycles. The van der Waals surface area contributed by atoms with Gasteiger partial charge in [-0.15, -0.1) is 11.8 Å². The molecule has 1 fully saturated rings. The molecule has 0 heterocycles. The van der Waals surface area contributed by atoms with Crippen LogP contribution < -0.4 is 10.5 Å². The third kappa shape index (κ3) is 3.89. The Balaban J connectivity index is 2.12. The van der Waals surface area contributed by atoms with Crippen molar-refractivity contribution in [3.63, 3.8) is 0 Å². The van der Waals surface area contributed by atoms with E-state index in [0.29, 0.717) is 5.02 Å². The number of rotatable bonds is 4. The fourth-order valence-electron chi connectivity index (χ4n) is 2.34. The van der Waals surface area contributed by atoms with Crippen LogP contribution in [0.5, 0.6) is 0 Å². The predicted molar refractivity (Wildman–Crippen MR) is 83.8 cm³/mol. The second kappa shape index (κ2) is 6.66. The molecule has 1 aliphatic carbocycles. The minimum absolute atomic E-state index is 0.0289. The molecule has 1 aliphatic rings. The highest BCUT2D eigenvalue weighted by Crippen LogP contribution is 2.28. The molecule has 0 unspecified atom stereocenters. The fourth-order valence-corrected chi connectivity index (χ4v) is 4.60. The Bertz CT molecular complexity index is 570. The molecule has 0 bridgehead atoms. The lowest BCUT2D eigenvalue weighted by atomic mass is 9.93. The van der Waals surface area contributed by atoms with E-state index < -0.39 is 10.0 Å². The number of nitrogens with one attached hydrogen (secondary N) is 1. The second-order valence-electron chi connectivity index (χ2n) is 5.03. The van der Waals surface area contributed by atoms with Gasteiger partial charge in [0.25, 0.3) is 0 Å². The van der Waals surface area contributed by atoms with Gasteiger partial charge in [0.2, 0.25) is 10.0 Å². The molecule has 0 saturated heterocycles. The Kier molecular flexibility index (Phi) is 5.36. The van der Waals surface area contributed by atoms with Gasteiger partial charge in [-0.1, -0.05) is 11.6 Å². The predicted octanol–water partition coefficient (Wildman–Crippen LogP) is 2.61. The molecule has 1 aromatic carbocycles. The average Bonchev–Trinajstić information content (AvgIpc) is 2.41. The average molecular weight is 335 g/mol. The summed E-state index contributed by atoms with van der Waals surface area (Å²) >= 11 is 7.56. The molecule has 3 N–H and O–H groups in total. The number of nitrogens with two attached hydrogens (primary N) is 1. The first-order valence-corrected chi connectivity index (χ1v) is 9.62. The van der Waals surface area contributed by atoms with Crippen LogP contribution in [-0.2, 0) is 10.0 Å². The van der Waals surface area contributed by atoms with Crippen molar-refractivity contribution in [2.24, 2.45) is 5.73 Å². The second-order valence-corrected chi connectivity index (χ2v) is 8.00. The van der Waals surface area contributed by atoms with Gasteiger partial charge in [0.1, 0.15) is 0 Å². The molecule has 20 heavy (non-hydrogen) atoms. The highest BCUT2D eigenvalue weighted by molar-refractivity contribution is 7.98. The van der Waals surface area contributed by atoms with Gasteiger partial charge in [0, 0.05) is 17.0 Å². The molecule has 0 spiro atoms. The van der Waals surface area contributed by atoms with Crippen LogP contribution in [0, 0.1) is 0 Å². The van der Waals surface area contributed by atoms with Crippen molar-refractivity contribution in [2.45, 2.75) is 47.6 Å². The minimum Gasteiger partial charge on any atom is -0.328 e. The van der Waals surface area contributed by atoms with Crippen molar-refractivity contribution < 1.29 is 8.42 Å². The van der Waals surface area contributed by atoms with Crippen molar-refractivity contribution >= 4 is 33.4 Å². The minimum atomic E-state index is -3.51. The van der Waals surface area contributed by atoms with Gasteiger partial charge in [0.05, 0.1) is 9.92 Å². The van der Waals surface area contributed by atoms with Crippen LogP contribution >= 0.6 is 23.4 Å². The van der Waals surface area contributed by atoms with Crippen LogP contribution in [0.15, 0.2) is 28.0 Å². The summed E-state index contributed by atoms with van der Waals surface area (Å²) in [5.74, 6) is 0. The van der Waals surface area contributed by atoms with Gasteiger partial charge in [-0.05, 0) is 50.1 Å². The molecule has 1 aromatic rings. The van der Waals surface area contributed by atoms with Crippen LogP contribution in [-0.4, -0.2) is 26.8 Å². The van der Waals surface area contributed by atoms with Crippen molar-refractivity contribution in [3.05, 3.63) is 23.2 Å². The first-order chi connectivity index (χ1) is 9.42. The number of hydrogen-bond acceptors (Lipinski definition) is 4. The standard InChI is InChI=1S/C13H19ClN2O2S2/c1-19-13-7-6-11(8-12(13)14)20(17,18)16-10-4-2-9(15)3-5-10/h6-10,16H,2-5,15H2,1H3. The Morgan fingerprint density at radius 3 is 2.50 bits per heavy atom. The smallest absolute Gasteiger partial charge is 0.240 e. The molecule has 4 nitrogen and oxygen atoms in total. The van der Waals surface area contributed by atoms with Crippen LogP contribution in [0.4, 0.5) is 0 Å². The Morgan fingerprint density at radius 1 is 1.30 bits per heavy atom. The molecule has 0 radical (unpaired) electrons. The lowest BCUT2D eigenvalue weighted by Gasteiger charge is -2.26.